The minimum absolute atomic E-state index is 0.689. The van der Waals surface area contributed by atoms with Crippen molar-refractivity contribution in [3.8, 4) is 0 Å². The second-order valence-electron chi connectivity index (χ2n) is 5.72. The first kappa shape index (κ1) is 14.4. The quantitative estimate of drug-likeness (QED) is 0.838. The van der Waals surface area contributed by atoms with Crippen LogP contribution in [0.1, 0.15) is 24.1 Å². The van der Waals surface area contributed by atoms with Gasteiger partial charge in [-0.1, -0.05) is 6.07 Å². The van der Waals surface area contributed by atoms with Gasteiger partial charge in [-0.05, 0) is 52.2 Å². The Hall–Kier alpha value is -0.970. The van der Waals surface area contributed by atoms with Gasteiger partial charge in [0.25, 0.3) is 0 Å². The SMILES string of the molecule is CNCc1ccc(CN2CCCC2CN(C)C)nc1. The number of nitrogens with zero attached hydrogens (tertiary/aromatic N) is 3. The van der Waals surface area contributed by atoms with Crippen LogP contribution in [0, 0.1) is 0 Å². The van der Waals surface area contributed by atoms with E-state index >= 15 is 0 Å². The molecule has 1 fully saturated rings. The third-order valence-corrected chi connectivity index (χ3v) is 3.71. The molecule has 2 heterocycles. The number of hydrogen-bond donors (Lipinski definition) is 1. The highest BCUT2D eigenvalue weighted by Crippen LogP contribution is 2.19. The highest BCUT2D eigenvalue weighted by Gasteiger charge is 2.24. The number of likely N-dealkylation sites (N-methyl/N-ethyl adjacent to an activating group) is 1. The molecule has 1 aliphatic heterocycles. The zero-order valence-corrected chi connectivity index (χ0v) is 12.4. The van der Waals surface area contributed by atoms with Crippen LogP contribution in [0.2, 0.25) is 0 Å². The van der Waals surface area contributed by atoms with Gasteiger partial charge >= 0.3 is 0 Å². The lowest BCUT2D eigenvalue weighted by molar-refractivity contribution is 0.199. The number of nitrogens with one attached hydrogen (secondary N) is 1. The zero-order valence-electron chi connectivity index (χ0n) is 12.4. The Kier molecular flexibility index (Phi) is 5.31. The van der Waals surface area contributed by atoms with E-state index in [1.807, 2.05) is 13.2 Å². The molecule has 0 aromatic carbocycles. The highest BCUT2D eigenvalue weighted by molar-refractivity contribution is 5.14. The van der Waals surface area contributed by atoms with Crippen molar-refractivity contribution in [2.75, 3.05) is 34.2 Å². The standard InChI is InChI=1S/C15H26N4/c1-16-9-13-6-7-14(17-10-13)11-19-8-4-5-15(19)12-18(2)3/h6-7,10,15-16H,4-5,8-9,11-12H2,1-3H3. The topological polar surface area (TPSA) is 31.4 Å². The van der Waals surface area contributed by atoms with Crippen molar-refractivity contribution in [1.82, 2.24) is 20.1 Å². The number of rotatable bonds is 6. The van der Waals surface area contributed by atoms with E-state index < -0.39 is 0 Å². The van der Waals surface area contributed by atoms with Crippen LogP contribution in [0.25, 0.3) is 0 Å². The Morgan fingerprint density at radius 1 is 1.42 bits per heavy atom. The molecule has 1 saturated heterocycles. The lowest BCUT2D eigenvalue weighted by Gasteiger charge is -2.26. The summed E-state index contributed by atoms with van der Waals surface area (Å²) in [5.74, 6) is 0. The van der Waals surface area contributed by atoms with Gasteiger partial charge in [0.15, 0.2) is 0 Å². The van der Waals surface area contributed by atoms with E-state index in [2.05, 4.69) is 46.3 Å². The van der Waals surface area contributed by atoms with Gasteiger partial charge in [0, 0.05) is 31.9 Å². The monoisotopic (exact) mass is 262 g/mol. The normalized spacial score (nSPS) is 20.3. The largest absolute Gasteiger partial charge is 0.316 e. The Labute approximate surface area is 116 Å². The van der Waals surface area contributed by atoms with Crippen molar-refractivity contribution in [2.24, 2.45) is 0 Å². The molecule has 1 atom stereocenters. The zero-order chi connectivity index (χ0) is 13.7. The van der Waals surface area contributed by atoms with Crippen molar-refractivity contribution in [3.63, 3.8) is 0 Å². The summed E-state index contributed by atoms with van der Waals surface area (Å²) in [7, 11) is 6.27. The maximum Gasteiger partial charge on any atom is 0.0544 e. The molecule has 19 heavy (non-hydrogen) atoms. The second-order valence-corrected chi connectivity index (χ2v) is 5.72. The van der Waals surface area contributed by atoms with E-state index in [-0.39, 0.29) is 0 Å². The van der Waals surface area contributed by atoms with Crippen LogP contribution in [0.3, 0.4) is 0 Å². The molecule has 0 bridgehead atoms. The van der Waals surface area contributed by atoms with Gasteiger partial charge in [-0.25, -0.2) is 0 Å². The van der Waals surface area contributed by atoms with E-state index in [9.17, 15) is 0 Å². The second kappa shape index (κ2) is 6.98. The molecule has 0 saturated carbocycles. The van der Waals surface area contributed by atoms with Crippen molar-refractivity contribution in [1.29, 1.82) is 0 Å². The van der Waals surface area contributed by atoms with Crippen LogP contribution in [-0.2, 0) is 13.1 Å². The Morgan fingerprint density at radius 2 is 2.26 bits per heavy atom. The number of hydrogen-bond acceptors (Lipinski definition) is 4. The van der Waals surface area contributed by atoms with Crippen LogP contribution < -0.4 is 5.32 Å². The fourth-order valence-corrected chi connectivity index (χ4v) is 2.80. The summed E-state index contributed by atoms with van der Waals surface area (Å²) in [5, 5.41) is 3.15. The average Bonchev–Trinajstić information content (AvgIpc) is 2.79. The molecular weight excluding hydrogens is 236 g/mol. The van der Waals surface area contributed by atoms with Gasteiger partial charge in [-0.3, -0.25) is 9.88 Å². The van der Waals surface area contributed by atoms with Gasteiger partial charge in [0.1, 0.15) is 0 Å². The minimum atomic E-state index is 0.689. The number of aromatic nitrogens is 1. The summed E-state index contributed by atoms with van der Waals surface area (Å²) >= 11 is 0. The Balaban J connectivity index is 1.92. The van der Waals surface area contributed by atoms with Crippen molar-refractivity contribution in [2.45, 2.75) is 32.0 Å². The fourth-order valence-electron chi connectivity index (χ4n) is 2.80. The molecule has 0 radical (unpaired) electrons. The van der Waals surface area contributed by atoms with Crippen LogP contribution in [0.15, 0.2) is 18.3 Å². The molecule has 4 heteroatoms. The molecule has 1 aromatic rings. The summed E-state index contributed by atoms with van der Waals surface area (Å²) in [6, 6.07) is 5.03. The maximum absolute atomic E-state index is 4.58. The number of pyridine rings is 1. The summed E-state index contributed by atoms with van der Waals surface area (Å²) < 4.78 is 0. The first-order valence-electron chi connectivity index (χ1n) is 7.16. The van der Waals surface area contributed by atoms with Crippen LogP contribution in [-0.4, -0.2) is 55.1 Å². The third-order valence-electron chi connectivity index (χ3n) is 3.71. The number of likely N-dealkylation sites (tertiary alicyclic amines) is 1. The van der Waals surface area contributed by atoms with Crippen LogP contribution in [0.4, 0.5) is 0 Å². The van der Waals surface area contributed by atoms with E-state index in [1.54, 1.807) is 0 Å². The third kappa shape index (κ3) is 4.27. The van der Waals surface area contributed by atoms with Gasteiger partial charge in [-0.15, -0.1) is 0 Å². The molecule has 1 N–H and O–H groups in total. The van der Waals surface area contributed by atoms with Gasteiger partial charge in [0.05, 0.1) is 5.69 Å². The maximum atomic E-state index is 4.58. The van der Waals surface area contributed by atoms with E-state index in [4.69, 9.17) is 0 Å². The molecule has 0 amide bonds. The van der Waals surface area contributed by atoms with Gasteiger partial charge < -0.3 is 10.2 Å². The summed E-state index contributed by atoms with van der Waals surface area (Å²) in [6.45, 7) is 4.23. The van der Waals surface area contributed by atoms with E-state index in [0.717, 1.165) is 19.6 Å². The molecular formula is C15H26N4. The lowest BCUT2D eigenvalue weighted by Crippen LogP contribution is -2.37. The van der Waals surface area contributed by atoms with Gasteiger partial charge in [0.2, 0.25) is 0 Å². The predicted octanol–water partition coefficient (Wildman–Crippen LogP) is 1.33. The molecule has 0 aliphatic carbocycles. The fraction of sp³-hybridized carbons (Fsp3) is 0.667. The summed E-state index contributed by atoms with van der Waals surface area (Å²) in [4.78, 5) is 9.43. The van der Waals surface area contributed by atoms with Crippen molar-refractivity contribution < 1.29 is 0 Å². The smallest absolute Gasteiger partial charge is 0.0544 e. The molecule has 2 rings (SSSR count). The van der Waals surface area contributed by atoms with Crippen molar-refractivity contribution >= 4 is 0 Å². The van der Waals surface area contributed by atoms with Crippen LogP contribution >= 0.6 is 0 Å². The molecule has 1 aliphatic rings. The minimum Gasteiger partial charge on any atom is -0.316 e. The van der Waals surface area contributed by atoms with Crippen LogP contribution in [0.5, 0.6) is 0 Å². The Morgan fingerprint density at radius 3 is 2.89 bits per heavy atom. The molecule has 106 valence electrons. The molecule has 1 aromatic heterocycles. The molecule has 4 nitrogen and oxygen atoms in total. The molecule has 1 unspecified atom stereocenters. The predicted molar refractivity (Wildman–Crippen MR) is 79.0 cm³/mol. The molecule has 0 spiro atoms. The Bertz CT molecular complexity index is 374. The lowest BCUT2D eigenvalue weighted by atomic mass is 10.2. The first-order valence-corrected chi connectivity index (χ1v) is 7.16. The van der Waals surface area contributed by atoms with Gasteiger partial charge in [-0.2, -0.15) is 0 Å². The van der Waals surface area contributed by atoms with Crippen molar-refractivity contribution in [3.05, 3.63) is 29.6 Å². The van der Waals surface area contributed by atoms with E-state index in [1.165, 1.54) is 30.6 Å². The van der Waals surface area contributed by atoms with E-state index in [0.29, 0.717) is 6.04 Å². The first-order chi connectivity index (χ1) is 9.19. The summed E-state index contributed by atoms with van der Waals surface area (Å²) in [5.41, 5.74) is 2.43. The highest BCUT2D eigenvalue weighted by atomic mass is 15.2. The summed E-state index contributed by atoms with van der Waals surface area (Å²) in [6.07, 6.45) is 4.62. The average molecular weight is 262 g/mol.